The molecule has 0 radical (unpaired) electrons. The van der Waals surface area contributed by atoms with Gasteiger partial charge in [-0.25, -0.2) is 0 Å². The fraction of sp³-hybridized carbons (Fsp3) is 0.875. The van der Waals surface area contributed by atoms with E-state index in [1.54, 1.807) is 0 Å². The largest absolute Gasteiger partial charge is 0.355 e. The number of hydrogen-bond acceptors (Lipinski definition) is 4. The molecule has 0 spiro atoms. The summed E-state index contributed by atoms with van der Waals surface area (Å²) in [5, 5.41) is 6.36. The maximum Gasteiger partial charge on any atom is 0.232 e. The summed E-state index contributed by atoms with van der Waals surface area (Å²) < 4.78 is 0. The molecule has 0 aliphatic carbocycles. The van der Waals surface area contributed by atoms with Crippen molar-refractivity contribution in [1.82, 2.24) is 15.5 Å². The SMILES string of the molecule is Cl.O=C(CSCC(=O)N1CCCCC1)NCCC1CCCNC1. The lowest BCUT2D eigenvalue weighted by atomic mass is 9.96. The molecule has 0 bridgehead atoms. The molecule has 23 heavy (non-hydrogen) atoms. The molecule has 2 amide bonds. The molecule has 2 N–H and O–H groups in total. The minimum absolute atomic E-state index is 0. The van der Waals surface area contributed by atoms with Gasteiger partial charge < -0.3 is 15.5 Å². The number of nitrogens with one attached hydrogen (secondary N) is 2. The summed E-state index contributed by atoms with van der Waals surface area (Å²) in [5.41, 5.74) is 0. The maximum atomic E-state index is 12.0. The van der Waals surface area contributed by atoms with E-state index in [-0.39, 0.29) is 24.2 Å². The fourth-order valence-corrected chi connectivity index (χ4v) is 3.85. The highest BCUT2D eigenvalue weighted by molar-refractivity contribution is 8.00. The standard InChI is InChI=1S/C16H29N3O2S.ClH/c20-15(18-8-6-14-5-4-7-17-11-14)12-22-13-16(21)19-9-2-1-3-10-19;/h14,17H,1-13H2,(H,18,20);1H. The van der Waals surface area contributed by atoms with E-state index >= 15 is 0 Å². The number of nitrogens with zero attached hydrogens (tertiary/aromatic N) is 1. The third kappa shape index (κ3) is 8.27. The molecule has 0 aromatic carbocycles. The van der Waals surface area contributed by atoms with Crippen LogP contribution in [0.15, 0.2) is 0 Å². The Morgan fingerprint density at radius 3 is 2.61 bits per heavy atom. The summed E-state index contributed by atoms with van der Waals surface area (Å²) in [5.74, 6) is 1.76. The van der Waals surface area contributed by atoms with Gasteiger partial charge in [0.1, 0.15) is 0 Å². The van der Waals surface area contributed by atoms with Crippen LogP contribution in [0.25, 0.3) is 0 Å². The Balaban J connectivity index is 0.00000264. The van der Waals surface area contributed by atoms with Crippen LogP contribution in [0.1, 0.15) is 38.5 Å². The van der Waals surface area contributed by atoms with Crippen molar-refractivity contribution in [2.45, 2.75) is 38.5 Å². The number of hydrogen-bond donors (Lipinski definition) is 2. The molecule has 1 atom stereocenters. The lowest BCUT2D eigenvalue weighted by Crippen LogP contribution is -2.37. The van der Waals surface area contributed by atoms with Crippen LogP contribution in [0.5, 0.6) is 0 Å². The number of piperidine rings is 2. The molecule has 0 saturated carbocycles. The second-order valence-electron chi connectivity index (χ2n) is 6.29. The van der Waals surface area contributed by atoms with Crippen molar-refractivity contribution in [3.8, 4) is 0 Å². The molecule has 2 heterocycles. The van der Waals surface area contributed by atoms with Crippen LogP contribution in [0, 0.1) is 5.92 Å². The van der Waals surface area contributed by atoms with Gasteiger partial charge in [0.05, 0.1) is 11.5 Å². The first kappa shape index (κ1) is 20.6. The van der Waals surface area contributed by atoms with Crippen LogP contribution in [-0.4, -0.2) is 60.9 Å². The summed E-state index contributed by atoms with van der Waals surface area (Å²) in [6.07, 6.45) is 7.03. The average Bonchev–Trinajstić information content (AvgIpc) is 2.56. The molecule has 2 saturated heterocycles. The molecule has 2 rings (SSSR count). The number of amides is 2. The summed E-state index contributed by atoms with van der Waals surface area (Å²) in [6.45, 7) is 4.74. The zero-order valence-corrected chi connectivity index (χ0v) is 15.5. The molecule has 1 unspecified atom stereocenters. The van der Waals surface area contributed by atoms with Gasteiger partial charge in [0.2, 0.25) is 11.8 Å². The van der Waals surface area contributed by atoms with Crippen LogP contribution in [-0.2, 0) is 9.59 Å². The van der Waals surface area contributed by atoms with E-state index in [1.165, 1.54) is 31.0 Å². The van der Waals surface area contributed by atoms with Crippen molar-refractivity contribution in [2.75, 3.05) is 44.2 Å². The van der Waals surface area contributed by atoms with Gasteiger partial charge in [0, 0.05) is 19.6 Å². The Labute approximate surface area is 150 Å². The van der Waals surface area contributed by atoms with Gasteiger partial charge in [-0.15, -0.1) is 24.2 Å². The van der Waals surface area contributed by atoms with E-state index < -0.39 is 0 Å². The molecule has 2 aliphatic heterocycles. The summed E-state index contributed by atoms with van der Waals surface area (Å²) >= 11 is 1.43. The monoisotopic (exact) mass is 363 g/mol. The Morgan fingerprint density at radius 1 is 1.13 bits per heavy atom. The Kier molecular flexibility index (Phi) is 10.7. The van der Waals surface area contributed by atoms with E-state index in [0.29, 0.717) is 17.4 Å². The first-order valence-electron chi connectivity index (χ1n) is 8.58. The number of thioether (sulfide) groups is 1. The number of rotatable bonds is 7. The molecular formula is C16H30ClN3O2S. The van der Waals surface area contributed by atoms with E-state index in [1.807, 2.05) is 4.90 Å². The molecule has 2 fully saturated rings. The summed E-state index contributed by atoms with van der Waals surface area (Å²) in [4.78, 5) is 25.7. The Bertz CT molecular complexity index is 359. The highest BCUT2D eigenvalue weighted by atomic mass is 35.5. The molecule has 7 heteroatoms. The van der Waals surface area contributed by atoms with Gasteiger partial charge in [-0.1, -0.05) is 0 Å². The zero-order chi connectivity index (χ0) is 15.6. The molecule has 134 valence electrons. The predicted molar refractivity (Wildman–Crippen MR) is 98.2 cm³/mol. The smallest absolute Gasteiger partial charge is 0.232 e. The first-order chi connectivity index (χ1) is 10.8. The normalized spacial score (nSPS) is 21.4. The molecular weight excluding hydrogens is 334 g/mol. The molecule has 0 aromatic heterocycles. The van der Waals surface area contributed by atoms with E-state index in [2.05, 4.69) is 10.6 Å². The number of carbonyl (C=O) groups is 2. The van der Waals surface area contributed by atoms with Crippen LogP contribution < -0.4 is 10.6 Å². The topological polar surface area (TPSA) is 61.4 Å². The summed E-state index contributed by atoms with van der Waals surface area (Å²) in [6, 6.07) is 0. The van der Waals surface area contributed by atoms with Gasteiger partial charge in [0.15, 0.2) is 0 Å². The van der Waals surface area contributed by atoms with Crippen molar-refractivity contribution in [2.24, 2.45) is 5.92 Å². The minimum Gasteiger partial charge on any atom is -0.355 e. The first-order valence-corrected chi connectivity index (χ1v) is 9.74. The lowest BCUT2D eigenvalue weighted by molar-refractivity contribution is -0.129. The third-order valence-corrected chi connectivity index (χ3v) is 5.36. The minimum atomic E-state index is 0. The zero-order valence-electron chi connectivity index (χ0n) is 13.8. The van der Waals surface area contributed by atoms with Crippen LogP contribution in [0.3, 0.4) is 0 Å². The van der Waals surface area contributed by atoms with Crippen molar-refractivity contribution in [3.05, 3.63) is 0 Å². The quantitative estimate of drug-likeness (QED) is 0.722. The highest BCUT2D eigenvalue weighted by Gasteiger charge is 2.17. The lowest BCUT2D eigenvalue weighted by Gasteiger charge is -2.26. The number of likely N-dealkylation sites (tertiary alicyclic amines) is 1. The molecule has 5 nitrogen and oxygen atoms in total. The van der Waals surface area contributed by atoms with E-state index in [0.717, 1.165) is 52.0 Å². The average molecular weight is 364 g/mol. The van der Waals surface area contributed by atoms with Gasteiger partial charge in [0.25, 0.3) is 0 Å². The van der Waals surface area contributed by atoms with Gasteiger partial charge in [-0.2, -0.15) is 0 Å². The Morgan fingerprint density at radius 2 is 1.91 bits per heavy atom. The van der Waals surface area contributed by atoms with Crippen LogP contribution >= 0.6 is 24.2 Å². The van der Waals surface area contributed by atoms with Crippen LogP contribution in [0.4, 0.5) is 0 Å². The van der Waals surface area contributed by atoms with Crippen LogP contribution in [0.2, 0.25) is 0 Å². The van der Waals surface area contributed by atoms with Crippen molar-refractivity contribution in [1.29, 1.82) is 0 Å². The second kappa shape index (κ2) is 12.0. The third-order valence-electron chi connectivity index (χ3n) is 4.44. The Hall–Kier alpha value is -0.460. The number of carbonyl (C=O) groups excluding carboxylic acids is 2. The van der Waals surface area contributed by atoms with Crippen molar-refractivity contribution >= 4 is 36.0 Å². The van der Waals surface area contributed by atoms with E-state index in [9.17, 15) is 9.59 Å². The molecule has 2 aliphatic rings. The van der Waals surface area contributed by atoms with Gasteiger partial charge in [-0.3, -0.25) is 9.59 Å². The maximum absolute atomic E-state index is 12.0. The predicted octanol–water partition coefficient (Wildman–Crippen LogP) is 1.66. The van der Waals surface area contributed by atoms with Gasteiger partial charge in [-0.05, 0) is 57.5 Å². The fourth-order valence-electron chi connectivity index (χ4n) is 3.10. The second-order valence-corrected chi connectivity index (χ2v) is 7.27. The number of halogens is 1. The molecule has 0 aromatic rings. The summed E-state index contributed by atoms with van der Waals surface area (Å²) in [7, 11) is 0. The van der Waals surface area contributed by atoms with Crippen molar-refractivity contribution < 1.29 is 9.59 Å². The van der Waals surface area contributed by atoms with E-state index in [4.69, 9.17) is 0 Å². The highest BCUT2D eigenvalue weighted by Crippen LogP contribution is 2.13. The van der Waals surface area contributed by atoms with Crippen molar-refractivity contribution in [3.63, 3.8) is 0 Å². The van der Waals surface area contributed by atoms with Gasteiger partial charge >= 0.3 is 0 Å².